The quantitative estimate of drug-likeness (QED) is 0.527. The van der Waals surface area contributed by atoms with Gasteiger partial charge in [-0.25, -0.2) is 0 Å². The van der Waals surface area contributed by atoms with E-state index < -0.39 is 0 Å². The van der Waals surface area contributed by atoms with E-state index in [-0.39, 0.29) is 0 Å². The molecular formula is C21H23NO3. The predicted molar refractivity (Wildman–Crippen MR) is 98.7 cm³/mol. The summed E-state index contributed by atoms with van der Waals surface area (Å²) in [5.74, 6) is 1.58. The van der Waals surface area contributed by atoms with Gasteiger partial charge in [0.1, 0.15) is 11.5 Å². The number of benzene rings is 2. The highest BCUT2D eigenvalue weighted by Crippen LogP contribution is 2.31. The third kappa shape index (κ3) is 4.85. The van der Waals surface area contributed by atoms with Gasteiger partial charge in [-0.3, -0.25) is 0 Å². The van der Waals surface area contributed by atoms with Crippen LogP contribution in [-0.2, 0) is 4.74 Å². The summed E-state index contributed by atoms with van der Waals surface area (Å²) in [6.45, 7) is 0.629. The summed E-state index contributed by atoms with van der Waals surface area (Å²) in [6, 6.07) is 17.9. The maximum Gasteiger partial charge on any atom is 0.118 e. The number of allylic oxidation sites excluding steroid dienone is 1. The number of rotatable bonds is 8. The van der Waals surface area contributed by atoms with Gasteiger partial charge in [0.05, 0.1) is 20.3 Å². The van der Waals surface area contributed by atoms with E-state index in [1.165, 1.54) is 0 Å². The Balaban J connectivity index is 2.50. The highest BCUT2D eigenvalue weighted by atomic mass is 16.5. The minimum absolute atomic E-state index is 0.629. The lowest BCUT2D eigenvalue weighted by Crippen LogP contribution is -1.97. The molecule has 0 aliphatic heterocycles. The second kappa shape index (κ2) is 9.51. The van der Waals surface area contributed by atoms with Crippen molar-refractivity contribution < 1.29 is 14.2 Å². The zero-order chi connectivity index (χ0) is 18.1. The van der Waals surface area contributed by atoms with Crippen molar-refractivity contribution in [3.05, 3.63) is 65.2 Å². The lowest BCUT2D eigenvalue weighted by molar-refractivity contribution is 0.195. The number of nitrogens with zero attached hydrogens (tertiary/aromatic N) is 1. The van der Waals surface area contributed by atoms with E-state index in [4.69, 9.17) is 14.2 Å². The summed E-state index contributed by atoms with van der Waals surface area (Å²) in [5, 5.41) is 9.72. The van der Waals surface area contributed by atoms with Crippen molar-refractivity contribution >= 4 is 5.57 Å². The summed E-state index contributed by atoms with van der Waals surface area (Å²) in [6.07, 6.45) is 1.47. The molecule has 0 fully saturated rings. The molecule has 4 heteroatoms. The molecule has 4 nitrogen and oxygen atoms in total. The van der Waals surface area contributed by atoms with Crippen LogP contribution in [0.1, 0.15) is 24.0 Å². The van der Waals surface area contributed by atoms with Gasteiger partial charge in [0.15, 0.2) is 0 Å². The Hall–Kier alpha value is -2.77. The summed E-state index contributed by atoms with van der Waals surface area (Å²) < 4.78 is 15.6. The fraction of sp³-hybridized carbons (Fsp3) is 0.286. The molecular weight excluding hydrogens is 314 g/mol. The van der Waals surface area contributed by atoms with Crippen molar-refractivity contribution in [3.8, 4) is 17.6 Å². The zero-order valence-electron chi connectivity index (χ0n) is 14.9. The van der Waals surface area contributed by atoms with E-state index in [0.717, 1.165) is 40.2 Å². The molecule has 2 aromatic rings. The van der Waals surface area contributed by atoms with Gasteiger partial charge in [0, 0.05) is 24.9 Å². The number of hydrogen-bond donors (Lipinski definition) is 0. The number of methoxy groups -OCH3 is 3. The van der Waals surface area contributed by atoms with E-state index >= 15 is 0 Å². The van der Waals surface area contributed by atoms with Gasteiger partial charge in [-0.15, -0.1) is 0 Å². The molecule has 0 N–H and O–H groups in total. The standard InChI is InChI=1S/C21H23NO3/c1-23-14-4-5-18(15-22)21(16-6-10-19(24-2)11-7-16)17-8-12-20(25-3)13-9-17/h6-13H,4-5,14H2,1-3H3. The number of hydrogen-bond acceptors (Lipinski definition) is 4. The summed E-state index contributed by atoms with van der Waals surface area (Å²) in [7, 11) is 4.95. The molecule has 0 spiro atoms. The van der Waals surface area contributed by atoms with E-state index in [1.54, 1.807) is 21.3 Å². The van der Waals surface area contributed by atoms with Crippen molar-refractivity contribution in [2.75, 3.05) is 27.9 Å². The molecule has 0 aliphatic carbocycles. The highest BCUT2D eigenvalue weighted by Gasteiger charge is 2.13. The van der Waals surface area contributed by atoms with Crippen molar-refractivity contribution in [1.29, 1.82) is 5.26 Å². The van der Waals surface area contributed by atoms with E-state index in [0.29, 0.717) is 13.0 Å². The topological polar surface area (TPSA) is 51.5 Å². The van der Waals surface area contributed by atoms with Crippen molar-refractivity contribution in [1.82, 2.24) is 0 Å². The lowest BCUT2D eigenvalue weighted by Gasteiger charge is -2.13. The van der Waals surface area contributed by atoms with Crippen molar-refractivity contribution in [3.63, 3.8) is 0 Å². The van der Waals surface area contributed by atoms with Crippen LogP contribution in [0.3, 0.4) is 0 Å². The van der Waals surface area contributed by atoms with Crippen LogP contribution in [0.5, 0.6) is 11.5 Å². The zero-order valence-corrected chi connectivity index (χ0v) is 14.9. The summed E-state index contributed by atoms with van der Waals surface area (Å²) >= 11 is 0. The molecule has 0 aliphatic rings. The molecule has 2 rings (SSSR count). The Kier molecular flexibility index (Phi) is 7.06. The van der Waals surface area contributed by atoms with Gasteiger partial charge in [-0.05, 0) is 48.2 Å². The Morgan fingerprint density at radius 1 is 0.840 bits per heavy atom. The average molecular weight is 337 g/mol. The molecule has 2 aromatic carbocycles. The van der Waals surface area contributed by atoms with Crippen LogP contribution in [0.25, 0.3) is 5.57 Å². The molecule has 0 amide bonds. The van der Waals surface area contributed by atoms with Crippen LogP contribution in [0, 0.1) is 11.3 Å². The minimum atomic E-state index is 0.629. The van der Waals surface area contributed by atoms with Crippen LogP contribution >= 0.6 is 0 Å². The third-order valence-electron chi connectivity index (χ3n) is 3.97. The highest BCUT2D eigenvalue weighted by molar-refractivity contribution is 5.84. The van der Waals surface area contributed by atoms with Crippen LogP contribution in [0.2, 0.25) is 0 Å². The molecule has 0 heterocycles. The van der Waals surface area contributed by atoms with E-state index in [1.807, 2.05) is 48.5 Å². The first-order chi connectivity index (χ1) is 12.2. The second-order valence-corrected chi connectivity index (χ2v) is 5.52. The molecule has 0 atom stereocenters. The van der Waals surface area contributed by atoms with Gasteiger partial charge in [0.25, 0.3) is 0 Å². The number of ether oxygens (including phenoxy) is 3. The first kappa shape index (κ1) is 18.6. The van der Waals surface area contributed by atoms with Gasteiger partial charge >= 0.3 is 0 Å². The van der Waals surface area contributed by atoms with Crippen LogP contribution < -0.4 is 9.47 Å². The minimum Gasteiger partial charge on any atom is -0.497 e. The first-order valence-corrected chi connectivity index (χ1v) is 8.14. The molecule has 0 unspecified atom stereocenters. The molecule has 0 saturated heterocycles. The molecule has 25 heavy (non-hydrogen) atoms. The molecule has 0 bridgehead atoms. The van der Waals surface area contributed by atoms with Crippen molar-refractivity contribution in [2.24, 2.45) is 0 Å². The lowest BCUT2D eigenvalue weighted by atomic mass is 9.91. The Labute approximate surface area is 149 Å². The van der Waals surface area contributed by atoms with Crippen LogP contribution in [-0.4, -0.2) is 27.9 Å². The van der Waals surface area contributed by atoms with Gasteiger partial charge in [-0.2, -0.15) is 5.26 Å². The molecule has 0 radical (unpaired) electrons. The maximum absolute atomic E-state index is 9.72. The molecule has 0 saturated carbocycles. The van der Waals surface area contributed by atoms with Crippen molar-refractivity contribution in [2.45, 2.75) is 12.8 Å². The summed E-state index contributed by atoms with van der Waals surface area (Å²) in [4.78, 5) is 0. The van der Waals surface area contributed by atoms with Gasteiger partial charge in [-0.1, -0.05) is 24.3 Å². The average Bonchev–Trinajstić information content (AvgIpc) is 2.68. The van der Waals surface area contributed by atoms with E-state index in [9.17, 15) is 5.26 Å². The first-order valence-electron chi connectivity index (χ1n) is 8.14. The molecule has 0 aromatic heterocycles. The molecule has 130 valence electrons. The van der Waals surface area contributed by atoms with Gasteiger partial charge in [0.2, 0.25) is 0 Å². The largest absolute Gasteiger partial charge is 0.497 e. The monoisotopic (exact) mass is 337 g/mol. The van der Waals surface area contributed by atoms with Gasteiger partial charge < -0.3 is 14.2 Å². The normalized spacial score (nSPS) is 10.0. The Morgan fingerprint density at radius 3 is 1.68 bits per heavy atom. The smallest absolute Gasteiger partial charge is 0.118 e. The second-order valence-electron chi connectivity index (χ2n) is 5.52. The SMILES string of the molecule is COCCCC(C#N)=C(c1ccc(OC)cc1)c1ccc(OC)cc1. The predicted octanol–water partition coefficient (Wildman–Crippen LogP) is 4.46. The van der Waals surface area contributed by atoms with E-state index in [2.05, 4.69) is 6.07 Å². The summed E-state index contributed by atoms with van der Waals surface area (Å²) in [5.41, 5.74) is 3.65. The fourth-order valence-electron chi connectivity index (χ4n) is 2.66. The maximum atomic E-state index is 9.72. The fourth-order valence-corrected chi connectivity index (χ4v) is 2.66. The van der Waals surface area contributed by atoms with Crippen LogP contribution in [0.4, 0.5) is 0 Å². The Morgan fingerprint density at radius 2 is 1.32 bits per heavy atom. The number of nitriles is 1. The third-order valence-corrected chi connectivity index (χ3v) is 3.97. The van der Waals surface area contributed by atoms with Crippen LogP contribution in [0.15, 0.2) is 54.1 Å². The Bertz CT molecular complexity index is 691.